The summed E-state index contributed by atoms with van der Waals surface area (Å²) in [4.78, 5) is 31.1. The molecule has 7 nitrogen and oxygen atoms in total. The third-order valence-corrected chi connectivity index (χ3v) is 2.17. The number of carbonyl (C=O) groups excluding carboxylic acids is 3. The van der Waals surface area contributed by atoms with E-state index < -0.39 is 11.9 Å². The maximum atomic E-state index is 10.4. The number of rotatable bonds is 6. The molecule has 4 N–H and O–H groups in total. The van der Waals surface area contributed by atoms with Gasteiger partial charge >= 0.3 is 63.3 Å². The van der Waals surface area contributed by atoms with Crippen molar-refractivity contribution in [3.05, 3.63) is 0 Å². The molecule has 0 aliphatic carbocycles. The Hall–Kier alpha value is 1.16. The standard InChI is InChI=1S/C6H10O3.C5H11NOS.C2H7NS.ClH.K.H2O/c1-3-5(7)9-6(8)4-2;1-2-5(7)6-3-4-8;3-1-2-4;;;/h3-4H2,1-2H3;8H,2-4H2,1H3,(H,6,7);4H,1-3H2;1H;;1H2/q;;;;+1;/p-1. The van der Waals surface area contributed by atoms with Gasteiger partial charge in [0.25, 0.3) is 0 Å². The number of nitrogens with one attached hydrogen (secondary N) is 1. The van der Waals surface area contributed by atoms with Crippen molar-refractivity contribution in [2.24, 2.45) is 5.73 Å². The number of hydrogen-bond acceptors (Lipinski definition) is 8. The quantitative estimate of drug-likeness (QED) is 0.174. The van der Waals surface area contributed by atoms with Crippen LogP contribution < -0.4 is 62.4 Å². The van der Waals surface area contributed by atoms with Gasteiger partial charge in [-0.05, 0) is 0 Å². The van der Waals surface area contributed by atoms with Crippen molar-refractivity contribution in [1.29, 1.82) is 0 Å². The minimum absolute atomic E-state index is 0. The van der Waals surface area contributed by atoms with Gasteiger partial charge in [0.1, 0.15) is 0 Å². The van der Waals surface area contributed by atoms with Crippen molar-refractivity contribution in [3.63, 3.8) is 0 Å². The molecular weight excluding hydrogens is 403 g/mol. The third kappa shape index (κ3) is 43.5. The van der Waals surface area contributed by atoms with Crippen LogP contribution >= 0.6 is 37.7 Å². The number of esters is 2. The molecule has 0 bridgehead atoms. The number of thiol groups is 2. The van der Waals surface area contributed by atoms with Crippen molar-refractivity contribution >= 4 is 55.5 Å². The molecule has 0 saturated carbocycles. The van der Waals surface area contributed by atoms with E-state index >= 15 is 0 Å². The number of halogens is 1. The fourth-order valence-electron chi connectivity index (χ4n) is 0.592. The minimum atomic E-state index is -0.457. The van der Waals surface area contributed by atoms with Gasteiger partial charge < -0.3 is 21.3 Å². The molecule has 0 radical (unpaired) electrons. The summed E-state index contributed by atoms with van der Waals surface area (Å²) in [5.74, 6) is 0.689. The molecule has 24 heavy (non-hydrogen) atoms. The second-order valence-electron chi connectivity index (χ2n) is 3.49. The van der Waals surface area contributed by atoms with Crippen LogP contribution in [0.1, 0.15) is 40.0 Å². The van der Waals surface area contributed by atoms with Gasteiger partial charge in [-0.25, -0.2) is 0 Å². The van der Waals surface area contributed by atoms with Gasteiger partial charge in [0, 0.05) is 43.9 Å². The van der Waals surface area contributed by atoms with E-state index in [9.17, 15) is 14.4 Å². The van der Waals surface area contributed by atoms with E-state index in [2.05, 4.69) is 35.3 Å². The molecule has 0 atom stereocenters. The van der Waals surface area contributed by atoms with E-state index in [-0.39, 0.29) is 88.0 Å². The molecule has 0 spiro atoms. The Bertz CT molecular complexity index is 275. The molecule has 0 aliphatic rings. The molecule has 11 heteroatoms. The number of ether oxygens (including phenoxy) is 1. The zero-order valence-corrected chi connectivity index (χ0v) is 20.6. The van der Waals surface area contributed by atoms with Gasteiger partial charge in [-0.3, -0.25) is 14.4 Å². The molecule has 0 fully saturated rings. The second-order valence-corrected chi connectivity index (χ2v) is 4.39. The Kier molecular flexibility index (Phi) is 58.8. The Morgan fingerprint density at radius 3 is 1.54 bits per heavy atom. The summed E-state index contributed by atoms with van der Waals surface area (Å²) in [5, 5.41) is 2.67. The van der Waals surface area contributed by atoms with Gasteiger partial charge in [-0.1, -0.05) is 20.8 Å². The monoisotopic (exact) mass is 432 g/mol. The molecule has 142 valence electrons. The first-order valence-electron chi connectivity index (χ1n) is 6.85. The third-order valence-electron chi connectivity index (χ3n) is 1.69. The molecule has 0 rings (SSSR count). The van der Waals surface area contributed by atoms with Gasteiger partial charge in [0.2, 0.25) is 5.91 Å². The predicted octanol–water partition coefficient (Wildman–Crippen LogP) is -1.56. The van der Waals surface area contributed by atoms with E-state index in [1.54, 1.807) is 13.8 Å². The van der Waals surface area contributed by atoms with Gasteiger partial charge in [-0.15, -0.1) is 12.4 Å². The second kappa shape index (κ2) is 35.3. The summed E-state index contributed by atoms with van der Waals surface area (Å²) in [6, 6.07) is 0. The van der Waals surface area contributed by atoms with Crippen LogP contribution in [-0.2, 0) is 19.1 Å². The first kappa shape index (κ1) is 40.0. The maximum Gasteiger partial charge on any atom is 1.00 e. The van der Waals surface area contributed by atoms with Gasteiger partial charge in [-0.2, -0.15) is 25.3 Å². The molecule has 0 saturated heterocycles. The average molecular weight is 433 g/mol. The van der Waals surface area contributed by atoms with Crippen LogP contribution in [0.5, 0.6) is 0 Å². The SMILES string of the molecule is CCC(=O)NCCS.CCC(=O)OC(=O)CC.Cl.NCCS.[K+].[OH-]. The molecule has 0 aromatic rings. The normalized spacial score (nSPS) is 7.42. The van der Waals surface area contributed by atoms with Crippen LogP contribution in [0.2, 0.25) is 0 Å². The summed E-state index contributed by atoms with van der Waals surface area (Å²) in [7, 11) is 0. The first-order chi connectivity index (χ1) is 9.92. The van der Waals surface area contributed by atoms with E-state index in [0.29, 0.717) is 25.3 Å². The Balaban J connectivity index is -0.0000000504. The minimum Gasteiger partial charge on any atom is -0.870 e. The number of hydrogen-bond donors (Lipinski definition) is 4. The van der Waals surface area contributed by atoms with Crippen LogP contribution in [0.25, 0.3) is 0 Å². The van der Waals surface area contributed by atoms with Crippen LogP contribution in [-0.4, -0.2) is 47.9 Å². The molecule has 0 aliphatic heterocycles. The van der Waals surface area contributed by atoms with Crippen LogP contribution in [0.4, 0.5) is 0 Å². The maximum absolute atomic E-state index is 10.4. The fourth-order valence-corrected chi connectivity index (χ4v) is 0.703. The summed E-state index contributed by atoms with van der Waals surface area (Å²) < 4.78 is 4.27. The molecule has 1 amide bonds. The number of nitrogens with two attached hydrogens (primary N) is 1. The van der Waals surface area contributed by atoms with E-state index in [0.717, 1.165) is 5.75 Å². The van der Waals surface area contributed by atoms with Crippen LogP contribution in [0.15, 0.2) is 0 Å². The van der Waals surface area contributed by atoms with Crippen molar-refractivity contribution in [1.82, 2.24) is 5.32 Å². The summed E-state index contributed by atoms with van der Waals surface area (Å²) >= 11 is 7.71. The smallest absolute Gasteiger partial charge is 0.870 e. The fraction of sp³-hybridized carbons (Fsp3) is 0.769. The first-order valence-corrected chi connectivity index (χ1v) is 8.11. The van der Waals surface area contributed by atoms with Crippen molar-refractivity contribution in [2.45, 2.75) is 40.0 Å². The van der Waals surface area contributed by atoms with E-state index in [4.69, 9.17) is 5.73 Å². The summed E-state index contributed by atoms with van der Waals surface area (Å²) in [5.41, 5.74) is 4.95. The van der Waals surface area contributed by atoms with Gasteiger partial charge in [0.15, 0.2) is 0 Å². The van der Waals surface area contributed by atoms with Crippen LogP contribution in [0.3, 0.4) is 0 Å². The number of carbonyl (C=O) groups is 3. The predicted molar refractivity (Wildman–Crippen MR) is 101 cm³/mol. The Labute approximate surface area is 204 Å². The zero-order chi connectivity index (χ0) is 17.1. The average Bonchev–Trinajstić information content (AvgIpc) is 2.52. The van der Waals surface area contributed by atoms with Gasteiger partial charge in [0.05, 0.1) is 0 Å². The zero-order valence-electron chi connectivity index (χ0n) is 14.9. The molecule has 0 aromatic heterocycles. The van der Waals surface area contributed by atoms with Crippen molar-refractivity contribution in [2.75, 3.05) is 24.6 Å². The molecule has 0 aromatic carbocycles. The molecule has 0 unspecified atom stereocenters. The number of amides is 1. The van der Waals surface area contributed by atoms with E-state index in [1.807, 2.05) is 6.92 Å². The summed E-state index contributed by atoms with van der Waals surface area (Å²) in [6.45, 7) is 6.48. The van der Waals surface area contributed by atoms with Crippen molar-refractivity contribution in [3.8, 4) is 0 Å². The molecule has 0 heterocycles. The molecular formula is C13H30ClKN2O5S2. The van der Waals surface area contributed by atoms with Crippen LogP contribution in [0, 0.1) is 0 Å². The Morgan fingerprint density at radius 1 is 0.958 bits per heavy atom. The van der Waals surface area contributed by atoms with E-state index in [1.165, 1.54) is 0 Å². The Morgan fingerprint density at radius 2 is 1.33 bits per heavy atom. The largest absolute Gasteiger partial charge is 1.00 e. The summed E-state index contributed by atoms with van der Waals surface area (Å²) in [6.07, 6.45) is 1.07. The topological polar surface area (TPSA) is 128 Å². The van der Waals surface area contributed by atoms with Crippen molar-refractivity contribution < 1.29 is 76.0 Å².